The Bertz CT molecular complexity index is 1710. The van der Waals surface area contributed by atoms with Gasteiger partial charge in [-0.2, -0.15) is 26.3 Å². The maximum atomic E-state index is 13.4. The normalized spacial score (nSPS) is 18.1. The SMILES string of the molecule is Cc1ccc(F)cc1C(C)(C)CC(O)(CC(=O)O)C(F)(F)F.Cc1ccc(F)cc1C(C)(C)C[C@@](O)(CC(=O)O)C(F)(F)F.N[C@@H]1c2ccccc2C[C@@H]1O. The Kier molecular flexibility index (Phi) is 14.8. The predicted octanol–water partition coefficient (Wildman–Crippen LogP) is 7.74. The van der Waals surface area contributed by atoms with Crippen LogP contribution in [0.15, 0.2) is 60.7 Å². The van der Waals surface area contributed by atoms with E-state index >= 15 is 0 Å². The van der Waals surface area contributed by atoms with Crippen molar-refractivity contribution in [3.8, 4) is 0 Å². The second kappa shape index (κ2) is 17.3. The summed E-state index contributed by atoms with van der Waals surface area (Å²) < 4.78 is 105. The first-order valence-corrected chi connectivity index (χ1v) is 16.9. The Balaban J connectivity index is 0.000000300. The summed E-state index contributed by atoms with van der Waals surface area (Å²) in [5.41, 5.74) is 0.412. The van der Waals surface area contributed by atoms with Crippen LogP contribution in [0.25, 0.3) is 0 Å². The third-order valence-corrected chi connectivity index (χ3v) is 9.53. The van der Waals surface area contributed by atoms with Gasteiger partial charge in [-0.3, -0.25) is 9.59 Å². The maximum absolute atomic E-state index is 13.4. The molecule has 8 nitrogen and oxygen atoms in total. The third kappa shape index (κ3) is 12.2. The molecule has 3 aromatic carbocycles. The minimum atomic E-state index is -5.11. The van der Waals surface area contributed by atoms with Gasteiger partial charge < -0.3 is 31.3 Å². The molecule has 306 valence electrons. The topological polar surface area (TPSA) is 161 Å². The number of rotatable bonds is 10. The summed E-state index contributed by atoms with van der Waals surface area (Å²) in [7, 11) is 0. The third-order valence-electron chi connectivity index (χ3n) is 9.53. The average molecular weight is 794 g/mol. The van der Waals surface area contributed by atoms with Gasteiger partial charge in [0.05, 0.1) is 25.0 Å². The number of aryl methyl sites for hydroxylation is 2. The smallest absolute Gasteiger partial charge is 0.417 e. The summed E-state index contributed by atoms with van der Waals surface area (Å²) in [6.45, 7) is 8.86. The number of halogens is 8. The highest BCUT2D eigenvalue weighted by Crippen LogP contribution is 2.45. The van der Waals surface area contributed by atoms with E-state index in [0.29, 0.717) is 28.7 Å². The zero-order valence-corrected chi connectivity index (χ0v) is 31.1. The highest BCUT2D eigenvalue weighted by atomic mass is 19.4. The van der Waals surface area contributed by atoms with Crippen LogP contribution in [0, 0.1) is 25.5 Å². The summed E-state index contributed by atoms with van der Waals surface area (Å²) in [6.07, 6.45) is -14.6. The van der Waals surface area contributed by atoms with E-state index in [1.165, 1.54) is 57.5 Å². The van der Waals surface area contributed by atoms with Gasteiger partial charge in [0.25, 0.3) is 0 Å². The van der Waals surface area contributed by atoms with E-state index in [1.807, 2.05) is 24.3 Å². The Morgan fingerprint density at radius 1 is 0.691 bits per heavy atom. The van der Waals surface area contributed by atoms with Gasteiger partial charge >= 0.3 is 24.3 Å². The number of nitrogens with two attached hydrogens (primary N) is 1. The molecule has 1 aliphatic carbocycles. The van der Waals surface area contributed by atoms with Gasteiger partial charge in [-0.15, -0.1) is 0 Å². The van der Waals surface area contributed by atoms with Crippen LogP contribution in [-0.4, -0.2) is 67.1 Å². The molecule has 0 aromatic heterocycles. The fourth-order valence-electron chi connectivity index (χ4n) is 6.93. The molecule has 0 saturated heterocycles. The predicted molar refractivity (Wildman–Crippen MR) is 187 cm³/mol. The molecule has 0 radical (unpaired) electrons. The number of aliphatic carboxylic acids is 2. The summed E-state index contributed by atoms with van der Waals surface area (Å²) in [4.78, 5) is 21.4. The van der Waals surface area contributed by atoms with Gasteiger partial charge in [-0.05, 0) is 95.2 Å². The van der Waals surface area contributed by atoms with Crippen LogP contribution in [0.2, 0.25) is 0 Å². The number of aliphatic hydroxyl groups is 3. The Morgan fingerprint density at radius 3 is 1.38 bits per heavy atom. The van der Waals surface area contributed by atoms with E-state index in [-0.39, 0.29) is 12.1 Å². The monoisotopic (exact) mass is 793 g/mol. The Hall–Kier alpha value is -4.12. The van der Waals surface area contributed by atoms with E-state index in [4.69, 9.17) is 15.9 Å². The Morgan fingerprint density at radius 2 is 1.05 bits per heavy atom. The average Bonchev–Trinajstić information content (AvgIpc) is 3.30. The molecule has 0 aliphatic heterocycles. The summed E-state index contributed by atoms with van der Waals surface area (Å²) in [5, 5.41) is 46.5. The molecule has 0 fully saturated rings. The summed E-state index contributed by atoms with van der Waals surface area (Å²) >= 11 is 0. The number of carbonyl (C=O) groups is 2. The second-order valence-corrected chi connectivity index (χ2v) is 15.2. The van der Waals surface area contributed by atoms with Crippen LogP contribution in [0.3, 0.4) is 0 Å². The van der Waals surface area contributed by atoms with Crippen LogP contribution in [-0.2, 0) is 26.8 Å². The molecule has 4 atom stereocenters. The Labute approximate surface area is 313 Å². The highest BCUT2D eigenvalue weighted by molar-refractivity contribution is 5.68. The van der Waals surface area contributed by atoms with Gasteiger partial charge in [-0.25, -0.2) is 8.78 Å². The van der Waals surface area contributed by atoms with E-state index in [9.17, 15) is 60.0 Å². The molecule has 0 amide bonds. The molecule has 16 heteroatoms. The number of aliphatic hydroxyl groups excluding tert-OH is 1. The molecule has 55 heavy (non-hydrogen) atoms. The van der Waals surface area contributed by atoms with Crippen molar-refractivity contribution in [1.82, 2.24) is 0 Å². The van der Waals surface area contributed by atoms with E-state index in [1.54, 1.807) is 13.8 Å². The van der Waals surface area contributed by atoms with Crippen molar-refractivity contribution in [2.45, 2.75) is 120 Å². The first-order chi connectivity index (χ1) is 24.9. The van der Waals surface area contributed by atoms with Crippen molar-refractivity contribution < 1.29 is 70.2 Å². The number of hydrogen-bond donors (Lipinski definition) is 6. The number of carboxylic acids is 2. The molecule has 7 N–H and O–H groups in total. The van der Waals surface area contributed by atoms with Gasteiger partial charge in [0.15, 0.2) is 11.2 Å². The fraction of sp³-hybridized carbons (Fsp3) is 0.487. The lowest BCUT2D eigenvalue weighted by Crippen LogP contribution is -2.50. The standard InChI is InChI=1S/2C15H18F4O3.C9H11NO/c2*1-9-4-5-10(16)6-11(9)13(2,3)8-14(22,7-12(20)21)15(17,18)19;10-9-7-4-2-1-3-6(7)5-8(9)11/h2*4-6,22H,7-8H2,1-3H3,(H,20,21);1-4,8-9,11H,5,10H2/t14-;;8-,9+/m0.0/s1. The minimum absolute atomic E-state index is 0.175. The van der Waals surface area contributed by atoms with E-state index in [2.05, 4.69) is 0 Å². The quantitative estimate of drug-likeness (QED) is 0.114. The van der Waals surface area contributed by atoms with Gasteiger partial charge in [-0.1, -0.05) is 64.1 Å². The lowest BCUT2D eigenvalue weighted by atomic mass is 9.72. The number of benzene rings is 3. The molecular weight excluding hydrogens is 746 g/mol. The minimum Gasteiger partial charge on any atom is -0.481 e. The number of fused-ring (bicyclic) bond motifs is 1. The number of hydrogen-bond acceptors (Lipinski definition) is 6. The highest BCUT2D eigenvalue weighted by Gasteiger charge is 2.58. The zero-order valence-electron chi connectivity index (χ0n) is 31.1. The largest absolute Gasteiger partial charge is 0.481 e. The summed E-state index contributed by atoms with van der Waals surface area (Å²) in [5.74, 6) is -4.73. The number of alkyl halides is 6. The zero-order chi connectivity index (χ0) is 42.5. The fourth-order valence-corrected chi connectivity index (χ4v) is 6.93. The first-order valence-electron chi connectivity index (χ1n) is 16.9. The van der Waals surface area contributed by atoms with Crippen LogP contribution >= 0.6 is 0 Å². The lowest BCUT2D eigenvalue weighted by Gasteiger charge is -2.37. The van der Waals surface area contributed by atoms with Gasteiger partial charge in [0, 0.05) is 6.42 Å². The molecule has 0 heterocycles. The second-order valence-electron chi connectivity index (χ2n) is 15.2. The molecule has 4 rings (SSSR count). The van der Waals surface area contributed by atoms with Crippen LogP contribution in [0.1, 0.15) is 92.8 Å². The van der Waals surface area contributed by atoms with Gasteiger partial charge in [0.2, 0.25) is 0 Å². The number of carboxylic acid groups (broad SMARTS) is 2. The van der Waals surface area contributed by atoms with Crippen molar-refractivity contribution in [2.24, 2.45) is 5.73 Å². The van der Waals surface area contributed by atoms with Crippen molar-refractivity contribution in [3.63, 3.8) is 0 Å². The van der Waals surface area contributed by atoms with Crippen molar-refractivity contribution in [3.05, 3.63) is 106 Å². The van der Waals surface area contributed by atoms with Crippen LogP contribution in [0.5, 0.6) is 0 Å². The molecule has 1 unspecified atom stereocenters. The molecule has 0 saturated carbocycles. The first kappa shape index (κ1) is 47.0. The van der Waals surface area contributed by atoms with Crippen molar-refractivity contribution >= 4 is 11.9 Å². The molecular formula is C39H47F8NO7. The van der Waals surface area contributed by atoms with Crippen LogP contribution in [0.4, 0.5) is 35.1 Å². The molecule has 0 bridgehead atoms. The summed E-state index contributed by atoms with van der Waals surface area (Å²) in [6, 6.07) is 15.2. The maximum Gasteiger partial charge on any atom is 0.417 e. The molecule has 1 aliphatic rings. The molecule has 0 spiro atoms. The van der Waals surface area contributed by atoms with E-state index < -0.39 is 83.6 Å². The van der Waals surface area contributed by atoms with Crippen molar-refractivity contribution in [2.75, 3.05) is 0 Å². The van der Waals surface area contributed by atoms with Crippen LogP contribution < -0.4 is 5.73 Å². The van der Waals surface area contributed by atoms with Gasteiger partial charge in [0.1, 0.15) is 11.6 Å². The molecule has 3 aromatic rings. The lowest BCUT2D eigenvalue weighted by molar-refractivity contribution is -0.269. The van der Waals surface area contributed by atoms with Crippen molar-refractivity contribution in [1.29, 1.82) is 0 Å². The van der Waals surface area contributed by atoms with E-state index in [0.717, 1.165) is 17.7 Å².